The van der Waals surface area contributed by atoms with Crippen molar-refractivity contribution in [2.45, 2.75) is 17.8 Å². The first kappa shape index (κ1) is 16.5. The second-order valence-electron chi connectivity index (χ2n) is 5.68. The molecule has 4 rings (SSSR count). The van der Waals surface area contributed by atoms with E-state index < -0.39 is 0 Å². The van der Waals surface area contributed by atoms with Gasteiger partial charge >= 0.3 is 0 Å². The molecule has 0 spiro atoms. The van der Waals surface area contributed by atoms with Gasteiger partial charge in [0.2, 0.25) is 5.16 Å². The third-order valence-corrected chi connectivity index (χ3v) is 4.76. The number of nitrogens with one attached hydrogen (secondary N) is 1. The van der Waals surface area contributed by atoms with Crippen LogP contribution >= 0.6 is 11.8 Å². The third kappa shape index (κ3) is 3.11. The molecule has 0 radical (unpaired) electrons. The van der Waals surface area contributed by atoms with E-state index >= 15 is 0 Å². The molecule has 1 aromatic carbocycles. The van der Waals surface area contributed by atoms with E-state index in [0.29, 0.717) is 33.6 Å². The number of hydrogen-bond acceptors (Lipinski definition) is 5. The molecular weight excluding hydrogens is 353 g/mol. The van der Waals surface area contributed by atoms with E-state index in [-0.39, 0.29) is 11.4 Å². The Morgan fingerprint density at radius 1 is 1.15 bits per heavy atom. The maximum atomic E-state index is 13.8. The van der Waals surface area contributed by atoms with Crippen LogP contribution in [0, 0.1) is 12.7 Å². The first-order valence-corrected chi connectivity index (χ1v) is 8.89. The van der Waals surface area contributed by atoms with Crippen LogP contribution in [0.15, 0.2) is 58.5 Å². The summed E-state index contributed by atoms with van der Waals surface area (Å²) in [6.07, 6.45) is 0. The lowest BCUT2D eigenvalue weighted by Gasteiger charge is -2.05. The summed E-state index contributed by atoms with van der Waals surface area (Å²) in [6.45, 7) is 1.86. The minimum atomic E-state index is -0.361. The number of H-pyrrole nitrogens is 1. The predicted octanol–water partition coefficient (Wildman–Crippen LogP) is 3.22. The van der Waals surface area contributed by atoms with E-state index in [0.717, 1.165) is 5.69 Å². The predicted molar refractivity (Wildman–Crippen MR) is 97.5 cm³/mol. The lowest BCUT2D eigenvalue weighted by molar-refractivity contribution is 0.630. The summed E-state index contributed by atoms with van der Waals surface area (Å²) in [4.78, 5) is 21.1. The number of aryl methyl sites for hydroxylation is 1. The summed E-state index contributed by atoms with van der Waals surface area (Å²) in [5, 5.41) is 7.30. The second-order valence-corrected chi connectivity index (χ2v) is 6.62. The van der Waals surface area contributed by atoms with Crippen molar-refractivity contribution in [3.63, 3.8) is 0 Å². The summed E-state index contributed by atoms with van der Waals surface area (Å²) >= 11 is 1.33. The summed E-state index contributed by atoms with van der Waals surface area (Å²) in [5.41, 5.74) is 2.33. The third-order valence-electron chi connectivity index (χ3n) is 3.88. The highest BCUT2D eigenvalue weighted by Gasteiger charge is 2.11. The second kappa shape index (κ2) is 6.72. The Balaban J connectivity index is 1.56. The number of rotatable bonds is 4. The first-order chi connectivity index (χ1) is 12.6. The van der Waals surface area contributed by atoms with Gasteiger partial charge in [0, 0.05) is 17.5 Å². The number of hydrogen-bond donors (Lipinski definition) is 1. The smallest absolute Gasteiger partial charge is 0.258 e. The lowest BCUT2D eigenvalue weighted by atomic mass is 10.2. The number of nitrogens with zero attached hydrogens (tertiary/aromatic N) is 4. The van der Waals surface area contributed by atoms with Gasteiger partial charge in [-0.25, -0.2) is 14.4 Å². The van der Waals surface area contributed by atoms with Crippen molar-refractivity contribution in [1.82, 2.24) is 24.6 Å². The molecule has 6 nitrogen and oxygen atoms in total. The monoisotopic (exact) mass is 367 g/mol. The molecule has 0 aliphatic carbocycles. The van der Waals surface area contributed by atoms with Crippen molar-refractivity contribution >= 4 is 17.4 Å². The van der Waals surface area contributed by atoms with E-state index in [1.165, 1.54) is 23.9 Å². The molecule has 0 saturated heterocycles. The number of pyridine rings is 1. The number of thioether (sulfide) groups is 1. The number of benzene rings is 1. The average Bonchev–Trinajstić information content (AvgIpc) is 3.09. The Labute approximate surface area is 152 Å². The van der Waals surface area contributed by atoms with Crippen molar-refractivity contribution in [3.8, 4) is 11.4 Å². The molecule has 130 valence electrons. The highest BCUT2D eigenvalue weighted by molar-refractivity contribution is 7.98. The Morgan fingerprint density at radius 3 is 2.85 bits per heavy atom. The SMILES string of the molecule is Cc1cccc2nc(CSc3n[nH]c(-c4ccccc4F)n3)cc(=O)n12. The Hall–Kier alpha value is -3.00. The molecule has 0 atom stereocenters. The van der Waals surface area contributed by atoms with Crippen LogP contribution in [0.5, 0.6) is 0 Å². The van der Waals surface area contributed by atoms with Gasteiger partial charge in [0.05, 0.1) is 11.3 Å². The van der Waals surface area contributed by atoms with Gasteiger partial charge in [-0.15, -0.1) is 5.10 Å². The highest BCUT2D eigenvalue weighted by Crippen LogP contribution is 2.23. The van der Waals surface area contributed by atoms with Gasteiger partial charge < -0.3 is 0 Å². The molecule has 0 amide bonds. The molecule has 0 unspecified atom stereocenters. The summed E-state index contributed by atoms with van der Waals surface area (Å²) in [6, 6.07) is 13.4. The molecule has 3 heterocycles. The maximum Gasteiger partial charge on any atom is 0.258 e. The van der Waals surface area contributed by atoms with Gasteiger partial charge in [-0.3, -0.25) is 14.3 Å². The largest absolute Gasteiger partial charge is 0.269 e. The van der Waals surface area contributed by atoms with E-state index in [1.807, 2.05) is 19.1 Å². The number of halogens is 1. The van der Waals surface area contributed by atoms with Crippen LogP contribution in [-0.4, -0.2) is 24.6 Å². The van der Waals surface area contributed by atoms with Crippen molar-refractivity contribution in [2.75, 3.05) is 0 Å². The van der Waals surface area contributed by atoms with Gasteiger partial charge in [-0.2, -0.15) is 0 Å². The summed E-state index contributed by atoms with van der Waals surface area (Å²) in [5.74, 6) is 0.446. The Morgan fingerprint density at radius 2 is 2.00 bits per heavy atom. The zero-order valence-electron chi connectivity index (χ0n) is 13.8. The van der Waals surface area contributed by atoms with Crippen LogP contribution in [-0.2, 0) is 5.75 Å². The average molecular weight is 367 g/mol. The fourth-order valence-electron chi connectivity index (χ4n) is 2.66. The molecule has 0 saturated carbocycles. The summed E-state index contributed by atoms with van der Waals surface area (Å²) in [7, 11) is 0. The molecule has 8 heteroatoms. The van der Waals surface area contributed by atoms with Crippen LogP contribution < -0.4 is 5.56 Å². The van der Waals surface area contributed by atoms with Gasteiger partial charge in [0.1, 0.15) is 11.5 Å². The van der Waals surface area contributed by atoms with Gasteiger partial charge in [0.25, 0.3) is 5.56 Å². The van der Waals surface area contributed by atoms with Crippen LogP contribution in [0.25, 0.3) is 17.0 Å². The standard InChI is InChI=1S/C18H14FN5OS/c1-11-5-4-8-15-20-12(9-16(25)24(11)15)10-26-18-21-17(22-23-18)13-6-2-3-7-14(13)19/h2-9H,10H2,1H3,(H,21,22,23). The molecule has 0 aliphatic rings. The fourth-order valence-corrected chi connectivity index (χ4v) is 3.35. The zero-order valence-corrected chi connectivity index (χ0v) is 14.6. The Kier molecular flexibility index (Phi) is 4.26. The van der Waals surface area contributed by atoms with E-state index in [1.54, 1.807) is 28.7 Å². The maximum absolute atomic E-state index is 13.8. The molecule has 3 aromatic heterocycles. The van der Waals surface area contributed by atoms with Crippen LogP contribution in [0.3, 0.4) is 0 Å². The first-order valence-electron chi connectivity index (χ1n) is 7.90. The molecule has 0 fully saturated rings. The van der Waals surface area contributed by atoms with Gasteiger partial charge in [-0.1, -0.05) is 30.0 Å². The van der Waals surface area contributed by atoms with Crippen LogP contribution in [0.1, 0.15) is 11.4 Å². The molecule has 1 N–H and O–H groups in total. The quantitative estimate of drug-likeness (QED) is 0.561. The van der Waals surface area contributed by atoms with E-state index in [4.69, 9.17) is 0 Å². The number of aromatic nitrogens is 5. The van der Waals surface area contributed by atoms with Crippen molar-refractivity contribution in [3.05, 3.63) is 76.1 Å². The number of aromatic amines is 1. The van der Waals surface area contributed by atoms with E-state index in [2.05, 4.69) is 20.2 Å². The minimum Gasteiger partial charge on any atom is -0.269 e. The lowest BCUT2D eigenvalue weighted by Crippen LogP contribution is -2.17. The molecule has 26 heavy (non-hydrogen) atoms. The van der Waals surface area contributed by atoms with E-state index in [9.17, 15) is 9.18 Å². The number of fused-ring (bicyclic) bond motifs is 1. The topological polar surface area (TPSA) is 75.9 Å². The molecule has 4 aromatic rings. The van der Waals surface area contributed by atoms with Crippen molar-refractivity contribution in [2.24, 2.45) is 0 Å². The van der Waals surface area contributed by atoms with Crippen LogP contribution in [0.4, 0.5) is 4.39 Å². The van der Waals surface area contributed by atoms with Crippen molar-refractivity contribution in [1.29, 1.82) is 0 Å². The van der Waals surface area contributed by atoms with Gasteiger partial charge in [-0.05, 0) is 31.2 Å². The fraction of sp³-hybridized carbons (Fsp3) is 0.111. The highest BCUT2D eigenvalue weighted by atomic mass is 32.2. The van der Waals surface area contributed by atoms with Crippen molar-refractivity contribution < 1.29 is 4.39 Å². The molecular formula is C18H14FN5OS. The van der Waals surface area contributed by atoms with Crippen LogP contribution in [0.2, 0.25) is 0 Å². The molecule has 0 bridgehead atoms. The normalized spacial score (nSPS) is 11.2. The molecule has 0 aliphatic heterocycles. The minimum absolute atomic E-state index is 0.120. The Bertz CT molecular complexity index is 1150. The van der Waals surface area contributed by atoms with Gasteiger partial charge in [0.15, 0.2) is 5.82 Å². The summed E-state index contributed by atoms with van der Waals surface area (Å²) < 4.78 is 15.4. The zero-order chi connectivity index (χ0) is 18.1.